The second-order valence-corrected chi connectivity index (χ2v) is 3.74. The van der Waals surface area contributed by atoms with Gasteiger partial charge in [-0.05, 0) is 36.4 Å². The van der Waals surface area contributed by atoms with E-state index >= 15 is 0 Å². The van der Waals surface area contributed by atoms with E-state index in [1.54, 1.807) is 0 Å². The van der Waals surface area contributed by atoms with Crippen LogP contribution in [-0.2, 0) is 0 Å². The molecule has 96 valence electrons. The maximum Gasteiger partial charge on any atom is 0.274 e. The van der Waals surface area contributed by atoms with Gasteiger partial charge in [-0.3, -0.25) is 9.59 Å². The molecule has 1 aromatic heterocycles. The van der Waals surface area contributed by atoms with Gasteiger partial charge in [-0.2, -0.15) is 4.39 Å². The Kier molecular flexibility index (Phi) is 3.51. The maximum absolute atomic E-state index is 12.9. The second-order valence-electron chi connectivity index (χ2n) is 3.74. The molecule has 19 heavy (non-hydrogen) atoms. The Balaban J connectivity index is 2.13. The van der Waals surface area contributed by atoms with Crippen LogP contribution >= 0.6 is 0 Å². The van der Waals surface area contributed by atoms with E-state index in [2.05, 4.69) is 10.3 Å². The van der Waals surface area contributed by atoms with Gasteiger partial charge in [-0.15, -0.1) is 0 Å². The molecule has 1 aromatic carbocycles. The fraction of sp³-hybridized carbons (Fsp3) is 0. The molecule has 3 N–H and O–H groups in total. The van der Waals surface area contributed by atoms with Gasteiger partial charge in [0.2, 0.25) is 11.9 Å². The quantitative estimate of drug-likeness (QED) is 0.820. The van der Waals surface area contributed by atoms with Crippen LogP contribution in [0.1, 0.15) is 20.8 Å². The summed E-state index contributed by atoms with van der Waals surface area (Å²) in [6, 6.07) is 9.96. The highest BCUT2D eigenvalue weighted by molar-refractivity contribution is 6.03. The first kappa shape index (κ1) is 12.7. The highest BCUT2D eigenvalue weighted by Gasteiger charge is 2.08. The molecule has 0 saturated heterocycles. The van der Waals surface area contributed by atoms with Crippen LogP contribution < -0.4 is 11.1 Å². The lowest BCUT2D eigenvalue weighted by molar-refractivity contribution is 0.0997. The molecule has 2 rings (SSSR count). The average Bonchev–Trinajstić information content (AvgIpc) is 2.39. The van der Waals surface area contributed by atoms with Crippen LogP contribution in [0.25, 0.3) is 0 Å². The molecular formula is C13H10FN3O2. The lowest BCUT2D eigenvalue weighted by Crippen LogP contribution is -2.15. The number of aromatic nitrogens is 1. The van der Waals surface area contributed by atoms with E-state index in [0.717, 1.165) is 6.07 Å². The molecule has 0 bridgehead atoms. The molecule has 0 aliphatic rings. The number of nitrogens with one attached hydrogen (secondary N) is 1. The summed E-state index contributed by atoms with van der Waals surface area (Å²) in [6.07, 6.45) is 0. The molecular weight excluding hydrogens is 249 g/mol. The molecule has 0 radical (unpaired) electrons. The van der Waals surface area contributed by atoms with Gasteiger partial charge in [-0.1, -0.05) is 6.07 Å². The lowest BCUT2D eigenvalue weighted by Gasteiger charge is -2.05. The van der Waals surface area contributed by atoms with Crippen molar-refractivity contribution in [3.63, 3.8) is 0 Å². The molecule has 0 atom stereocenters. The Bertz CT molecular complexity index is 626. The van der Waals surface area contributed by atoms with Crippen molar-refractivity contribution < 1.29 is 14.0 Å². The van der Waals surface area contributed by atoms with Gasteiger partial charge >= 0.3 is 0 Å². The van der Waals surface area contributed by atoms with Crippen molar-refractivity contribution in [3.05, 3.63) is 59.7 Å². The smallest absolute Gasteiger partial charge is 0.274 e. The van der Waals surface area contributed by atoms with E-state index in [0.29, 0.717) is 11.3 Å². The van der Waals surface area contributed by atoms with E-state index in [4.69, 9.17) is 5.73 Å². The maximum atomic E-state index is 12.9. The molecule has 0 spiro atoms. The Morgan fingerprint density at radius 1 is 1.11 bits per heavy atom. The highest BCUT2D eigenvalue weighted by atomic mass is 19.1. The van der Waals surface area contributed by atoms with Gasteiger partial charge in [0.05, 0.1) is 0 Å². The third-order valence-electron chi connectivity index (χ3n) is 2.38. The second kappa shape index (κ2) is 5.26. The zero-order chi connectivity index (χ0) is 13.8. The van der Waals surface area contributed by atoms with Crippen molar-refractivity contribution in [3.8, 4) is 0 Å². The summed E-state index contributed by atoms with van der Waals surface area (Å²) in [4.78, 5) is 26.1. The summed E-state index contributed by atoms with van der Waals surface area (Å²) in [7, 11) is 0. The fourth-order valence-corrected chi connectivity index (χ4v) is 1.45. The summed E-state index contributed by atoms with van der Waals surface area (Å²) in [6.45, 7) is 0. The number of carbonyl (C=O) groups excluding carboxylic acids is 2. The number of hydrogen-bond acceptors (Lipinski definition) is 3. The minimum Gasteiger partial charge on any atom is -0.366 e. The van der Waals surface area contributed by atoms with Crippen molar-refractivity contribution in [2.75, 3.05) is 5.32 Å². The minimum atomic E-state index is -0.725. The molecule has 0 saturated carbocycles. The number of rotatable bonds is 3. The van der Waals surface area contributed by atoms with Gasteiger partial charge in [0.15, 0.2) is 0 Å². The summed E-state index contributed by atoms with van der Waals surface area (Å²) in [5, 5.41) is 2.53. The van der Waals surface area contributed by atoms with Gasteiger partial charge < -0.3 is 11.1 Å². The summed E-state index contributed by atoms with van der Waals surface area (Å²) in [5.74, 6) is -1.81. The fourth-order valence-electron chi connectivity index (χ4n) is 1.45. The molecule has 0 unspecified atom stereocenters. The van der Waals surface area contributed by atoms with Gasteiger partial charge in [-0.25, -0.2) is 4.98 Å². The first-order chi connectivity index (χ1) is 9.06. The van der Waals surface area contributed by atoms with Crippen molar-refractivity contribution in [2.24, 2.45) is 5.73 Å². The standard InChI is InChI=1S/C13H10FN3O2/c14-11-3-1-2-10(17-11)13(19)16-9-6-4-8(5-7-9)12(15)18/h1-7H,(H2,15,18)(H,16,19). The van der Waals surface area contributed by atoms with Crippen LogP contribution in [0.4, 0.5) is 10.1 Å². The van der Waals surface area contributed by atoms with Crippen LogP contribution in [0.2, 0.25) is 0 Å². The highest BCUT2D eigenvalue weighted by Crippen LogP contribution is 2.10. The van der Waals surface area contributed by atoms with Crippen molar-refractivity contribution in [2.45, 2.75) is 0 Å². The number of carbonyl (C=O) groups is 2. The van der Waals surface area contributed by atoms with Gasteiger partial charge in [0.25, 0.3) is 5.91 Å². The van der Waals surface area contributed by atoms with E-state index in [9.17, 15) is 14.0 Å². The largest absolute Gasteiger partial charge is 0.366 e. The Morgan fingerprint density at radius 3 is 2.37 bits per heavy atom. The Hall–Kier alpha value is -2.76. The van der Waals surface area contributed by atoms with Gasteiger partial charge in [0.1, 0.15) is 5.69 Å². The van der Waals surface area contributed by atoms with Crippen LogP contribution in [0, 0.1) is 5.95 Å². The first-order valence-electron chi connectivity index (χ1n) is 5.40. The third-order valence-corrected chi connectivity index (χ3v) is 2.38. The van der Waals surface area contributed by atoms with Gasteiger partial charge in [0, 0.05) is 11.3 Å². The van der Waals surface area contributed by atoms with E-state index in [-0.39, 0.29) is 5.69 Å². The minimum absolute atomic E-state index is 0.0287. The molecule has 1 heterocycles. The van der Waals surface area contributed by atoms with Crippen LogP contribution in [0.15, 0.2) is 42.5 Å². The normalized spacial score (nSPS) is 9.95. The predicted octanol–water partition coefficient (Wildman–Crippen LogP) is 1.57. The van der Waals surface area contributed by atoms with Crippen LogP contribution in [-0.4, -0.2) is 16.8 Å². The average molecular weight is 259 g/mol. The number of hydrogen-bond donors (Lipinski definition) is 2. The number of nitrogens with two attached hydrogens (primary N) is 1. The number of benzene rings is 1. The Morgan fingerprint density at radius 2 is 1.79 bits per heavy atom. The van der Waals surface area contributed by atoms with Crippen LogP contribution in [0.5, 0.6) is 0 Å². The number of halogens is 1. The van der Waals surface area contributed by atoms with Crippen molar-refractivity contribution in [1.29, 1.82) is 0 Å². The summed E-state index contributed by atoms with van der Waals surface area (Å²) < 4.78 is 12.9. The summed E-state index contributed by atoms with van der Waals surface area (Å²) >= 11 is 0. The van der Waals surface area contributed by atoms with E-state index in [1.807, 2.05) is 0 Å². The number of anilines is 1. The molecule has 0 fully saturated rings. The number of primary amides is 1. The molecule has 2 amide bonds. The van der Waals surface area contributed by atoms with Crippen molar-refractivity contribution >= 4 is 17.5 Å². The van der Waals surface area contributed by atoms with Crippen LogP contribution in [0.3, 0.4) is 0 Å². The van der Waals surface area contributed by atoms with Crippen molar-refractivity contribution in [1.82, 2.24) is 4.98 Å². The predicted molar refractivity (Wildman–Crippen MR) is 67.1 cm³/mol. The molecule has 6 heteroatoms. The lowest BCUT2D eigenvalue weighted by atomic mass is 10.2. The monoisotopic (exact) mass is 259 g/mol. The third kappa shape index (κ3) is 3.12. The number of nitrogens with zero attached hydrogens (tertiary/aromatic N) is 1. The van der Waals surface area contributed by atoms with E-state index < -0.39 is 17.8 Å². The first-order valence-corrected chi connectivity index (χ1v) is 5.40. The Labute approximate surface area is 108 Å². The number of amides is 2. The number of pyridine rings is 1. The molecule has 0 aliphatic carbocycles. The zero-order valence-electron chi connectivity index (χ0n) is 9.76. The zero-order valence-corrected chi connectivity index (χ0v) is 9.76. The topological polar surface area (TPSA) is 85.1 Å². The molecule has 5 nitrogen and oxygen atoms in total. The molecule has 0 aliphatic heterocycles. The molecule has 2 aromatic rings. The summed E-state index contributed by atoms with van der Waals surface area (Å²) in [5.41, 5.74) is 5.86. The van der Waals surface area contributed by atoms with E-state index in [1.165, 1.54) is 36.4 Å². The SMILES string of the molecule is NC(=O)c1ccc(NC(=O)c2cccc(F)n2)cc1.